The molecule has 0 spiro atoms. The molecule has 2 aliphatic rings. The van der Waals surface area contributed by atoms with Crippen LogP contribution in [0.3, 0.4) is 0 Å². The maximum atomic E-state index is 12.6. The van der Waals surface area contributed by atoms with Gasteiger partial charge in [0.05, 0.1) is 12.8 Å². The monoisotopic (exact) mass is 437 g/mol. The number of fused-ring (bicyclic) bond motifs is 1. The van der Waals surface area contributed by atoms with E-state index in [-0.39, 0.29) is 24.3 Å². The van der Waals surface area contributed by atoms with Gasteiger partial charge in [0.1, 0.15) is 11.6 Å². The first-order valence-corrected chi connectivity index (χ1v) is 12.3. The standard InChI is InChI=1S/C20H31N5O4S/c1-13(2)7-10-25-17(26)6-5-16-14(3)22-19(23-20(16)25)15-8-9-24(12-15)18(27)11-21-30(4,28)29/h13,15,21H,5-12H2,1-4H3/t15-/m0/s1. The number of sulfonamides is 1. The number of rotatable bonds is 7. The van der Waals surface area contributed by atoms with Crippen LogP contribution < -0.4 is 9.62 Å². The Balaban J connectivity index is 1.77. The molecule has 2 amide bonds. The summed E-state index contributed by atoms with van der Waals surface area (Å²) in [6, 6.07) is 0. The second-order valence-corrected chi connectivity index (χ2v) is 10.4. The fourth-order valence-electron chi connectivity index (χ4n) is 3.91. The summed E-state index contributed by atoms with van der Waals surface area (Å²) in [6.07, 6.45) is 3.78. The van der Waals surface area contributed by atoms with Crippen molar-refractivity contribution in [2.75, 3.05) is 37.3 Å². The first-order chi connectivity index (χ1) is 14.0. The van der Waals surface area contributed by atoms with Crippen LogP contribution in [0, 0.1) is 12.8 Å². The minimum absolute atomic E-state index is 0.0276. The molecular formula is C20H31N5O4S. The first-order valence-electron chi connectivity index (χ1n) is 10.5. The van der Waals surface area contributed by atoms with Gasteiger partial charge in [0.15, 0.2) is 0 Å². The van der Waals surface area contributed by atoms with E-state index in [4.69, 9.17) is 9.97 Å². The number of likely N-dealkylation sites (tertiary alicyclic amines) is 1. The lowest BCUT2D eigenvalue weighted by molar-refractivity contribution is -0.128. The summed E-state index contributed by atoms with van der Waals surface area (Å²) in [7, 11) is -3.41. The summed E-state index contributed by atoms with van der Waals surface area (Å²) >= 11 is 0. The SMILES string of the molecule is Cc1nc([C@H]2CCN(C(=O)CNS(C)(=O)=O)C2)nc2c1CCC(=O)N2CCC(C)C. The Morgan fingerprint density at radius 1 is 1.27 bits per heavy atom. The molecule has 1 aromatic rings. The highest BCUT2D eigenvalue weighted by Gasteiger charge is 2.33. The molecule has 0 aliphatic carbocycles. The second kappa shape index (κ2) is 8.97. The van der Waals surface area contributed by atoms with Gasteiger partial charge in [-0.2, -0.15) is 0 Å². The second-order valence-electron chi connectivity index (χ2n) is 8.62. The van der Waals surface area contributed by atoms with E-state index in [0.29, 0.717) is 50.6 Å². The van der Waals surface area contributed by atoms with Crippen molar-refractivity contribution in [3.05, 3.63) is 17.1 Å². The van der Waals surface area contributed by atoms with Crippen molar-refractivity contribution in [3.63, 3.8) is 0 Å². The van der Waals surface area contributed by atoms with Gasteiger partial charge in [-0.15, -0.1) is 0 Å². The number of amides is 2. The van der Waals surface area contributed by atoms with E-state index in [9.17, 15) is 18.0 Å². The van der Waals surface area contributed by atoms with Crippen molar-refractivity contribution in [3.8, 4) is 0 Å². The summed E-state index contributed by atoms with van der Waals surface area (Å²) in [5, 5.41) is 0. The summed E-state index contributed by atoms with van der Waals surface area (Å²) in [5.41, 5.74) is 1.92. The van der Waals surface area contributed by atoms with Gasteiger partial charge in [0, 0.05) is 43.2 Å². The quantitative estimate of drug-likeness (QED) is 0.680. The number of carbonyl (C=O) groups is 2. The Hall–Kier alpha value is -2.07. The molecule has 0 bridgehead atoms. The Kier molecular flexibility index (Phi) is 6.76. The molecule has 3 rings (SSSR count). The number of nitrogens with one attached hydrogen (secondary N) is 1. The minimum atomic E-state index is -3.41. The van der Waals surface area contributed by atoms with E-state index in [1.807, 2.05) is 6.92 Å². The fourth-order valence-corrected chi connectivity index (χ4v) is 4.29. The molecular weight excluding hydrogens is 406 g/mol. The number of anilines is 1. The maximum Gasteiger partial charge on any atom is 0.237 e. The molecule has 2 aliphatic heterocycles. The number of carbonyl (C=O) groups excluding carboxylic acids is 2. The van der Waals surface area contributed by atoms with Crippen LogP contribution in [-0.4, -0.2) is 67.5 Å². The zero-order valence-electron chi connectivity index (χ0n) is 18.1. The average molecular weight is 438 g/mol. The lowest BCUT2D eigenvalue weighted by Gasteiger charge is -2.30. The molecule has 1 atom stereocenters. The predicted octanol–water partition coefficient (Wildman–Crippen LogP) is 0.975. The zero-order chi connectivity index (χ0) is 22.1. The van der Waals surface area contributed by atoms with Gasteiger partial charge < -0.3 is 4.90 Å². The average Bonchev–Trinajstić information content (AvgIpc) is 3.14. The van der Waals surface area contributed by atoms with Crippen molar-refractivity contribution in [2.24, 2.45) is 5.92 Å². The largest absolute Gasteiger partial charge is 0.341 e. The zero-order valence-corrected chi connectivity index (χ0v) is 19.0. The Bertz CT molecular complexity index is 931. The summed E-state index contributed by atoms with van der Waals surface area (Å²) in [5.74, 6) is 1.68. The number of aryl methyl sites for hydroxylation is 1. The summed E-state index contributed by atoms with van der Waals surface area (Å²) in [6.45, 7) is 7.60. The van der Waals surface area contributed by atoms with E-state index < -0.39 is 10.0 Å². The maximum absolute atomic E-state index is 12.6. The Morgan fingerprint density at radius 3 is 2.67 bits per heavy atom. The molecule has 1 N–H and O–H groups in total. The summed E-state index contributed by atoms with van der Waals surface area (Å²) < 4.78 is 24.7. The van der Waals surface area contributed by atoms with Crippen molar-refractivity contribution >= 4 is 27.7 Å². The molecule has 0 radical (unpaired) electrons. The molecule has 1 saturated heterocycles. The molecule has 1 fully saturated rings. The molecule has 166 valence electrons. The highest BCUT2D eigenvalue weighted by Crippen LogP contribution is 2.32. The van der Waals surface area contributed by atoms with E-state index in [2.05, 4.69) is 18.6 Å². The number of aromatic nitrogens is 2. The van der Waals surface area contributed by atoms with Crippen LogP contribution in [0.5, 0.6) is 0 Å². The fraction of sp³-hybridized carbons (Fsp3) is 0.700. The van der Waals surface area contributed by atoms with Gasteiger partial charge in [-0.3, -0.25) is 14.5 Å². The molecule has 1 aromatic heterocycles. The van der Waals surface area contributed by atoms with E-state index in [1.54, 1.807) is 9.80 Å². The van der Waals surface area contributed by atoms with Crippen LogP contribution in [0.2, 0.25) is 0 Å². The molecule has 9 nitrogen and oxygen atoms in total. The number of hydrogen-bond acceptors (Lipinski definition) is 6. The predicted molar refractivity (Wildman–Crippen MR) is 114 cm³/mol. The third-order valence-electron chi connectivity index (χ3n) is 5.68. The van der Waals surface area contributed by atoms with Crippen LogP contribution in [0.25, 0.3) is 0 Å². The van der Waals surface area contributed by atoms with Gasteiger partial charge in [-0.1, -0.05) is 13.8 Å². The van der Waals surface area contributed by atoms with Crippen molar-refractivity contribution in [2.45, 2.75) is 52.4 Å². The minimum Gasteiger partial charge on any atom is -0.341 e. The number of nitrogens with zero attached hydrogens (tertiary/aromatic N) is 4. The van der Waals surface area contributed by atoms with Crippen LogP contribution in [0.4, 0.5) is 5.82 Å². The van der Waals surface area contributed by atoms with Crippen molar-refractivity contribution in [1.82, 2.24) is 19.6 Å². The van der Waals surface area contributed by atoms with Crippen molar-refractivity contribution < 1.29 is 18.0 Å². The lowest BCUT2D eigenvalue weighted by atomic mass is 10.0. The highest BCUT2D eigenvalue weighted by atomic mass is 32.2. The van der Waals surface area contributed by atoms with Crippen LogP contribution in [0.1, 0.15) is 56.1 Å². The smallest absolute Gasteiger partial charge is 0.237 e. The van der Waals surface area contributed by atoms with Gasteiger partial charge in [-0.25, -0.2) is 23.1 Å². The third kappa shape index (κ3) is 5.34. The molecule has 0 saturated carbocycles. The Labute approximate surface area is 178 Å². The molecule has 0 unspecified atom stereocenters. The van der Waals surface area contributed by atoms with Gasteiger partial charge >= 0.3 is 0 Å². The van der Waals surface area contributed by atoms with Crippen LogP contribution in [0.15, 0.2) is 0 Å². The number of hydrogen-bond donors (Lipinski definition) is 1. The molecule has 0 aromatic carbocycles. The molecule has 30 heavy (non-hydrogen) atoms. The van der Waals surface area contributed by atoms with E-state index >= 15 is 0 Å². The van der Waals surface area contributed by atoms with Gasteiger partial charge in [0.25, 0.3) is 0 Å². The molecule has 10 heteroatoms. The first kappa shape index (κ1) is 22.6. The van der Waals surface area contributed by atoms with Crippen molar-refractivity contribution in [1.29, 1.82) is 0 Å². The summed E-state index contributed by atoms with van der Waals surface area (Å²) in [4.78, 5) is 37.8. The van der Waals surface area contributed by atoms with E-state index in [0.717, 1.165) is 29.8 Å². The van der Waals surface area contributed by atoms with Crippen LogP contribution >= 0.6 is 0 Å². The van der Waals surface area contributed by atoms with Gasteiger partial charge in [-0.05, 0) is 32.1 Å². The third-order valence-corrected chi connectivity index (χ3v) is 6.35. The van der Waals surface area contributed by atoms with Gasteiger partial charge in [0.2, 0.25) is 21.8 Å². The molecule has 3 heterocycles. The Morgan fingerprint density at radius 2 is 2.00 bits per heavy atom. The van der Waals surface area contributed by atoms with Crippen LogP contribution in [-0.2, 0) is 26.0 Å². The lowest BCUT2D eigenvalue weighted by Crippen LogP contribution is -2.39. The highest BCUT2D eigenvalue weighted by molar-refractivity contribution is 7.88. The topological polar surface area (TPSA) is 113 Å². The van der Waals surface area contributed by atoms with E-state index in [1.165, 1.54) is 0 Å². The normalized spacial score (nSPS) is 19.5.